The average molecular weight is 400 g/mol. The summed E-state index contributed by atoms with van der Waals surface area (Å²) in [5.41, 5.74) is 0.518. The van der Waals surface area contributed by atoms with Crippen LogP contribution in [0, 0.1) is 0 Å². The van der Waals surface area contributed by atoms with Gasteiger partial charge in [-0.2, -0.15) is 0 Å². The molecule has 2 rings (SSSR count). The number of amides is 1. The molecule has 4 nitrogen and oxygen atoms in total. The second-order valence-electron chi connectivity index (χ2n) is 5.14. The monoisotopic (exact) mass is 399 g/mol. The third-order valence-corrected chi connectivity index (χ3v) is 5.41. The first-order chi connectivity index (χ1) is 12.0. The van der Waals surface area contributed by atoms with E-state index in [0.29, 0.717) is 33.7 Å². The molecule has 1 amide bonds. The number of anilines is 1. The lowest BCUT2D eigenvalue weighted by atomic mass is 10.2. The second kappa shape index (κ2) is 9.22. The first kappa shape index (κ1) is 19.8. The SMILES string of the molecule is CC[C@@H](Sc1ccc(Cl)cc1)C(=O)Nc1cc(OC)c(Cl)cc1OC. The smallest absolute Gasteiger partial charge is 0.237 e. The molecule has 0 spiro atoms. The zero-order chi connectivity index (χ0) is 18.4. The minimum atomic E-state index is -0.257. The van der Waals surface area contributed by atoms with Crippen LogP contribution in [0.5, 0.6) is 11.5 Å². The number of ether oxygens (including phenoxy) is 2. The molecule has 0 radical (unpaired) electrons. The van der Waals surface area contributed by atoms with Crippen molar-refractivity contribution in [2.75, 3.05) is 19.5 Å². The molecule has 0 heterocycles. The number of methoxy groups -OCH3 is 2. The van der Waals surface area contributed by atoms with E-state index in [2.05, 4.69) is 5.32 Å². The highest BCUT2D eigenvalue weighted by Crippen LogP contribution is 2.36. The minimum absolute atomic E-state index is 0.120. The third-order valence-electron chi connectivity index (χ3n) is 3.49. The van der Waals surface area contributed by atoms with E-state index in [1.54, 1.807) is 12.1 Å². The van der Waals surface area contributed by atoms with E-state index in [4.69, 9.17) is 32.7 Å². The van der Waals surface area contributed by atoms with Crippen molar-refractivity contribution in [2.45, 2.75) is 23.5 Å². The predicted octanol–water partition coefficient (Wildman–Crippen LogP) is 5.52. The number of hydrogen-bond donors (Lipinski definition) is 1. The van der Waals surface area contributed by atoms with Gasteiger partial charge in [-0.15, -0.1) is 11.8 Å². The van der Waals surface area contributed by atoms with Gasteiger partial charge in [0.05, 0.1) is 30.2 Å². The first-order valence-electron chi connectivity index (χ1n) is 7.63. The average Bonchev–Trinajstić information content (AvgIpc) is 2.62. The molecule has 0 unspecified atom stereocenters. The van der Waals surface area contributed by atoms with Crippen molar-refractivity contribution >= 4 is 46.6 Å². The molecule has 0 aliphatic heterocycles. The Bertz CT molecular complexity index is 738. The van der Waals surface area contributed by atoms with Gasteiger partial charge in [-0.3, -0.25) is 4.79 Å². The molecule has 0 fully saturated rings. The van der Waals surface area contributed by atoms with Crippen LogP contribution in [0.3, 0.4) is 0 Å². The van der Waals surface area contributed by atoms with Crippen LogP contribution in [0.15, 0.2) is 41.3 Å². The number of benzene rings is 2. The highest BCUT2D eigenvalue weighted by atomic mass is 35.5. The Hall–Kier alpha value is -1.56. The topological polar surface area (TPSA) is 47.6 Å². The Balaban J connectivity index is 2.17. The maximum atomic E-state index is 12.7. The fraction of sp³-hybridized carbons (Fsp3) is 0.278. The fourth-order valence-corrected chi connectivity index (χ4v) is 3.48. The van der Waals surface area contributed by atoms with E-state index in [1.165, 1.54) is 26.0 Å². The Morgan fingerprint density at radius 2 is 1.76 bits per heavy atom. The zero-order valence-corrected chi connectivity index (χ0v) is 16.5. The molecule has 0 saturated heterocycles. The van der Waals surface area contributed by atoms with Crippen LogP contribution < -0.4 is 14.8 Å². The standard InChI is InChI=1S/C18H19Cl2NO3S/c1-4-17(25-12-7-5-11(19)6-8-12)18(22)21-14-10-15(23-2)13(20)9-16(14)24-3/h5-10,17H,4H2,1-3H3,(H,21,22)/t17-/m1/s1. The largest absolute Gasteiger partial charge is 0.495 e. The van der Waals surface area contributed by atoms with Gasteiger partial charge in [-0.05, 0) is 30.7 Å². The minimum Gasteiger partial charge on any atom is -0.495 e. The molecule has 2 aromatic rings. The lowest BCUT2D eigenvalue weighted by Crippen LogP contribution is -2.24. The van der Waals surface area contributed by atoms with Gasteiger partial charge in [-0.25, -0.2) is 0 Å². The van der Waals surface area contributed by atoms with E-state index in [0.717, 1.165) is 4.90 Å². The lowest BCUT2D eigenvalue weighted by molar-refractivity contribution is -0.115. The van der Waals surface area contributed by atoms with Crippen LogP contribution in [0.4, 0.5) is 5.69 Å². The molecule has 0 aromatic heterocycles. The number of rotatable bonds is 7. The predicted molar refractivity (Wildman–Crippen MR) is 105 cm³/mol. The van der Waals surface area contributed by atoms with Crippen molar-refractivity contribution in [3.05, 3.63) is 46.4 Å². The first-order valence-corrected chi connectivity index (χ1v) is 9.26. The van der Waals surface area contributed by atoms with Crippen LogP contribution in [-0.2, 0) is 4.79 Å². The van der Waals surface area contributed by atoms with Gasteiger partial charge in [0.25, 0.3) is 0 Å². The van der Waals surface area contributed by atoms with Gasteiger partial charge in [0, 0.05) is 22.1 Å². The summed E-state index contributed by atoms with van der Waals surface area (Å²) in [6.45, 7) is 1.97. The van der Waals surface area contributed by atoms with E-state index >= 15 is 0 Å². The van der Waals surface area contributed by atoms with Gasteiger partial charge in [0.2, 0.25) is 5.91 Å². The summed E-state index contributed by atoms with van der Waals surface area (Å²) in [5, 5.41) is 3.72. The number of nitrogens with one attached hydrogen (secondary N) is 1. The summed E-state index contributed by atoms with van der Waals surface area (Å²) in [4.78, 5) is 13.7. The Morgan fingerprint density at radius 1 is 1.12 bits per heavy atom. The molecule has 25 heavy (non-hydrogen) atoms. The van der Waals surface area contributed by atoms with Gasteiger partial charge in [0.1, 0.15) is 11.5 Å². The molecule has 0 aliphatic rings. The molecule has 1 atom stereocenters. The van der Waals surface area contributed by atoms with Crippen LogP contribution in [-0.4, -0.2) is 25.4 Å². The van der Waals surface area contributed by atoms with Crippen LogP contribution in [0.1, 0.15) is 13.3 Å². The molecule has 2 aromatic carbocycles. The van der Waals surface area contributed by atoms with E-state index in [1.807, 2.05) is 31.2 Å². The summed E-state index contributed by atoms with van der Waals surface area (Å²) >= 11 is 13.5. The molecule has 0 aliphatic carbocycles. The van der Waals surface area contributed by atoms with Crippen molar-refractivity contribution in [3.63, 3.8) is 0 Å². The van der Waals surface area contributed by atoms with Crippen LogP contribution in [0.2, 0.25) is 10.0 Å². The Kier molecular flexibility index (Phi) is 7.29. The molecule has 134 valence electrons. The number of halogens is 2. The van der Waals surface area contributed by atoms with E-state index in [-0.39, 0.29) is 11.2 Å². The lowest BCUT2D eigenvalue weighted by Gasteiger charge is -2.17. The van der Waals surface area contributed by atoms with Gasteiger partial charge >= 0.3 is 0 Å². The van der Waals surface area contributed by atoms with Gasteiger partial charge < -0.3 is 14.8 Å². The molecule has 0 saturated carbocycles. The summed E-state index contributed by atoms with van der Waals surface area (Å²) in [6, 6.07) is 10.7. The van der Waals surface area contributed by atoms with Crippen molar-refractivity contribution in [2.24, 2.45) is 0 Å². The Morgan fingerprint density at radius 3 is 2.32 bits per heavy atom. The van der Waals surface area contributed by atoms with E-state index in [9.17, 15) is 4.79 Å². The third kappa shape index (κ3) is 5.21. The summed E-state index contributed by atoms with van der Waals surface area (Å²) in [6.07, 6.45) is 0.673. The molecule has 0 bridgehead atoms. The number of thioether (sulfide) groups is 1. The second-order valence-corrected chi connectivity index (χ2v) is 7.26. The molecule has 1 N–H and O–H groups in total. The highest BCUT2D eigenvalue weighted by molar-refractivity contribution is 8.00. The maximum Gasteiger partial charge on any atom is 0.237 e. The van der Waals surface area contributed by atoms with Crippen molar-refractivity contribution in [1.29, 1.82) is 0 Å². The van der Waals surface area contributed by atoms with Crippen molar-refractivity contribution in [3.8, 4) is 11.5 Å². The number of hydrogen-bond acceptors (Lipinski definition) is 4. The fourth-order valence-electron chi connectivity index (χ4n) is 2.17. The molecular formula is C18H19Cl2NO3S. The zero-order valence-electron chi connectivity index (χ0n) is 14.1. The van der Waals surface area contributed by atoms with E-state index < -0.39 is 0 Å². The van der Waals surface area contributed by atoms with Gasteiger partial charge in [-0.1, -0.05) is 30.1 Å². The Labute approximate surface area is 161 Å². The van der Waals surface area contributed by atoms with Crippen LogP contribution in [0.25, 0.3) is 0 Å². The highest BCUT2D eigenvalue weighted by Gasteiger charge is 2.20. The summed E-state index contributed by atoms with van der Waals surface area (Å²) < 4.78 is 10.5. The number of carbonyl (C=O) groups is 1. The normalized spacial score (nSPS) is 11.7. The van der Waals surface area contributed by atoms with Gasteiger partial charge in [0.15, 0.2) is 0 Å². The van der Waals surface area contributed by atoms with Crippen molar-refractivity contribution < 1.29 is 14.3 Å². The molecule has 7 heteroatoms. The summed E-state index contributed by atoms with van der Waals surface area (Å²) in [5.74, 6) is 0.826. The van der Waals surface area contributed by atoms with Crippen LogP contribution >= 0.6 is 35.0 Å². The summed E-state index contributed by atoms with van der Waals surface area (Å²) in [7, 11) is 3.04. The quantitative estimate of drug-likeness (QED) is 0.622. The number of carbonyl (C=O) groups excluding carboxylic acids is 1. The van der Waals surface area contributed by atoms with Crippen molar-refractivity contribution in [1.82, 2.24) is 0 Å². The maximum absolute atomic E-state index is 12.7. The molecular weight excluding hydrogens is 381 g/mol.